The predicted octanol–water partition coefficient (Wildman–Crippen LogP) is 0.708. The molecule has 0 fully saturated rings. The van der Waals surface area contributed by atoms with Crippen LogP contribution in [0.5, 0.6) is 0 Å². The van der Waals surface area contributed by atoms with Gasteiger partial charge in [-0.25, -0.2) is 21.6 Å². The summed E-state index contributed by atoms with van der Waals surface area (Å²) in [4.78, 5) is 0.180. The smallest absolute Gasteiger partial charge is 0.229 e. The van der Waals surface area contributed by atoms with Crippen LogP contribution < -0.4 is 4.72 Å². The molecule has 1 rings (SSSR count). The van der Waals surface area contributed by atoms with E-state index in [4.69, 9.17) is 0 Å². The van der Waals surface area contributed by atoms with E-state index in [9.17, 15) is 16.8 Å². The molecule has 1 N–H and O–H groups in total. The standard InChI is InChI=1S/C11H17NO4S2/c1-3-17(13,14)9-8-12-18(15,16)11-7-5-4-6-10(11)2/h4-7,12H,3,8-9H2,1-2H3. The van der Waals surface area contributed by atoms with Crippen LogP contribution in [0.4, 0.5) is 0 Å². The molecule has 102 valence electrons. The maximum Gasteiger partial charge on any atom is 0.240 e. The molecule has 0 saturated carbocycles. The number of benzene rings is 1. The van der Waals surface area contributed by atoms with Gasteiger partial charge in [0.25, 0.3) is 0 Å². The zero-order chi connectivity index (χ0) is 13.8. The van der Waals surface area contributed by atoms with E-state index in [1.807, 2.05) is 0 Å². The van der Waals surface area contributed by atoms with Crippen LogP contribution in [0.2, 0.25) is 0 Å². The monoisotopic (exact) mass is 291 g/mol. The van der Waals surface area contributed by atoms with Crippen molar-refractivity contribution in [2.45, 2.75) is 18.7 Å². The fourth-order valence-corrected chi connectivity index (χ4v) is 3.52. The molecule has 1 aromatic rings. The van der Waals surface area contributed by atoms with Crippen molar-refractivity contribution in [2.75, 3.05) is 18.1 Å². The Morgan fingerprint density at radius 2 is 1.72 bits per heavy atom. The van der Waals surface area contributed by atoms with Gasteiger partial charge in [-0.3, -0.25) is 0 Å². The molecule has 0 radical (unpaired) electrons. The van der Waals surface area contributed by atoms with Crippen LogP contribution in [0, 0.1) is 6.92 Å². The fraction of sp³-hybridized carbons (Fsp3) is 0.455. The maximum absolute atomic E-state index is 11.9. The Morgan fingerprint density at radius 1 is 1.11 bits per heavy atom. The Bertz CT molecular complexity index is 606. The first-order chi connectivity index (χ1) is 8.28. The van der Waals surface area contributed by atoms with Gasteiger partial charge in [0.1, 0.15) is 0 Å². The Hall–Kier alpha value is -0.920. The summed E-state index contributed by atoms with van der Waals surface area (Å²) in [5, 5.41) is 0. The molecule has 0 aliphatic rings. The van der Waals surface area contributed by atoms with Crippen LogP contribution in [0.3, 0.4) is 0 Å². The summed E-state index contributed by atoms with van der Waals surface area (Å²) < 4.78 is 48.6. The largest absolute Gasteiger partial charge is 0.240 e. The summed E-state index contributed by atoms with van der Waals surface area (Å²) in [6, 6.07) is 6.56. The summed E-state index contributed by atoms with van der Waals surface area (Å²) in [6.07, 6.45) is 0. The van der Waals surface area contributed by atoms with Crippen molar-refractivity contribution in [3.05, 3.63) is 29.8 Å². The number of rotatable bonds is 6. The third-order valence-corrected chi connectivity index (χ3v) is 5.86. The minimum absolute atomic E-state index is 0.0130. The maximum atomic E-state index is 11.9. The van der Waals surface area contributed by atoms with Crippen molar-refractivity contribution in [2.24, 2.45) is 0 Å². The summed E-state index contributed by atoms with van der Waals surface area (Å²) in [5.74, 6) is -0.173. The molecule has 7 heteroatoms. The van der Waals surface area contributed by atoms with Crippen LogP contribution >= 0.6 is 0 Å². The second-order valence-electron chi connectivity index (χ2n) is 3.90. The number of aryl methyl sites for hydroxylation is 1. The van der Waals surface area contributed by atoms with E-state index >= 15 is 0 Å². The van der Waals surface area contributed by atoms with Gasteiger partial charge in [-0.05, 0) is 18.6 Å². The van der Waals surface area contributed by atoms with Crippen molar-refractivity contribution in [3.8, 4) is 0 Å². The van der Waals surface area contributed by atoms with E-state index in [1.54, 1.807) is 25.1 Å². The van der Waals surface area contributed by atoms with E-state index < -0.39 is 19.9 Å². The third-order valence-electron chi connectivity index (χ3n) is 2.53. The quantitative estimate of drug-likeness (QED) is 0.837. The molecule has 0 unspecified atom stereocenters. The van der Waals surface area contributed by atoms with Crippen molar-refractivity contribution in [1.82, 2.24) is 4.72 Å². The highest BCUT2D eigenvalue weighted by Gasteiger charge is 2.17. The average Bonchev–Trinajstić information content (AvgIpc) is 2.29. The topological polar surface area (TPSA) is 80.3 Å². The molecular formula is C11H17NO4S2. The zero-order valence-corrected chi connectivity index (χ0v) is 12.0. The first-order valence-electron chi connectivity index (χ1n) is 5.54. The number of nitrogens with one attached hydrogen (secondary N) is 1. The molecule has 0 spiro atoms. The van der Waals surface area contributed by atoms with Crippen molar-refractivity contribution < 1.29 is 16.8 Å². The molecule has 0 saturated heterocycles. The molecule has 0 heterocycles. The number of hydrogen-bond donors (Lipinski definition) is 1. The van der Waals surface area contributed by atoms with Crippen molar-refractivity contribution in [1.29, 1.82) is 0 Å². The Labute approximate surface area is 108 Å². The van der Waals surface area contributed by atoms with Gasteiger partial charge in [0.05, 0.1) is 10.6 Å². The molecule has 0 atom stereocenters. The van der Waals surface area contributed by atoms with Crippen LogP contribution in [-0.4, -0.2) is 34.9 Å². The lowest BCUT2D eigenvalue weighted by molar-refractivity contribution is 0.580. The Balaban J connectivity index is 2.76. The van der Waals surface area contributed by atoms with Crippen molar-refractivity contribution >= 4 is 19.9 Å². The predicted molar refractivity (Wildman–Crippen MR) is 70.7 cm³/mol. The second-order valence-corrected chi connectivity index (χ2v) is 8.11. The van der Waals surface area contributed by atoms with E-state index in [2.05, 4.69) is 4.72 Å². The van der Waals surface area contributed by atoms with Gasteiger partial charge in [0, 0.05) is 12.3 Å². The highest BCUT2D eigenvalue weighted by molar-refractivity contribution is 7.91. The third kappa shape index (κ3) is 4.08. The summed E-state index contributed by atoms with van der Waals surface area (Å²) >= 11 is 0. The highest BCUT2D eigenvalue weighted by Crippen LogP contribution is 2.13. The molecular weight excluding hydrogens is 274 g/mol. The van der Waals surface area contributed by atoms with Gasteiger partial charge in [0.15, 0.2) is 9.84 Å². The minimum atomic E-state index is -3.64. The summed E-state index contributed by atoms with van der Waals surface area (Å²) in [6.45, 7) is 3.12. The van der Waals surface area contributed by atoms with E-state index in [-0.39, 0.29) is 22.9 Å². The SMILES string of the molecule is CCS(=O)(=O)CCNS(=O)(=O)c1ccccc1C. The fourth-order valence-electron chi connectivity index (χ4n) is 1.41. The lowest BCUT2D eigenvalue weighted by atomic mass is 10.2. The molecule has 0 aliphatic heterocycles. The van der Waals surface area contributed by atoms with Crippen LogP contribution in [-0.2, 0) is 19.9 Å². The Kier molecular flexibility index (Phi) is 4.89. The lowest BCUT2D eigenvalue weighted by Crippen LogP contribution is -2.30. The minimum Gasteiger partial charge on any atom is -0.229 e. The van der Waals surface area contributed by atoms with Crippen LogP contribution in [0.1, 0.15) is 12.5 Å². The van der Waals surface area contributed by atoms with Gasteiger partial charge in [0.2, 0.25) is 10.0 Å². The number of sulfonamides is 1. The molecule has 0 bridgehead atoms. The van der Waals surface area contributed by atoms with Crippen LogP contribution in [0.25, 0.3) is 0 Å². The van der Waals surface area contributed by atoms with Gasteiger partial charge in [-0.2, -0.15) is 0 Å². The van der Waals surface area contributed by atoms with Gasteiger partial charge in [-0.1, -0.05) is 25.1 Å². The number of sulfone groups is 1. The second kappa shape index (κ2) is 5.81. The molecule has 0 amide bonds. The zero-order valence-electron chi connectivity index (χ0n) is 10.4. The highest BCUT2D eigenvalue weighted by atomic mass is 32.2. The molecule has 1 aromatic carbocycles. The van der Waals surface area contributed by atoms with Gasteiger partial charge >= 0.3 is 0 Å². The first-order valence-corrected chi connectivity index (χ1v) is 8.84. The van der Waals surface area contributed by atoms with Gasteiger partial charge < -0.3 is 0 Å². The van der Waals surface area contributed by atoms with Crippen molar-refractivity contribution in [3.63, 3.8) is 0 Å². The van der Waals surface area contributed by atoms with Crippen LogP contribution in [0.15, 0.2) is 29.2 Å². The molecule has 0 aromatic heterocycles. The average molecular weight is 291 g/mol. The number of hydrogen-bond acceptors (Lipinski definition) is 4. The van der Waals surface area contributed by atoms with Gasteiger partial charge in [-0.15, -0.1) is 0 Å². The summed E-state index contributed by atoms with van der Waals surface area (Å²) in [5.41, 5.74) is 0.628. The molecule has 5 nitrogen and oxygen atoms in total. The van der Waals surface area contributed by atoms with E-state index in [0.29, 0.717) is 5.56 Å². The summed E-state index contributed by atoms with van der Waals surface area (Å²) in [7, 11) is -6.80. The van der Waals surface area contributed by atoms with E-state index in [1.165, 1.54) is 13.0 Å². The Morgan fingerprint density at radius 3 is 2.28 bits per heavy atom. The molecule has 0 aliphatic carbocycles. The normalized spacial score (nSPS) is 12.6. The first kappa shape index (κ1) is 15.1. The molecule has 18 heavy (non-hydrogen) atoms. The lowest BCUT2D eigenvalue weighted by Gasteiger charge is -2.08. The van der Waals surface area contributed by atoms with E-state index in [0.717, 1.165) is 0 Å².